The Morgan fingerprint density at radius 2 is 2.00 bits per heavy atom. The van der Waals surface area contributed by atoms with E-state index in [1.165, 1.54) is 24.3 Å². The number of carboxylic acid groups (broad SMARTS) is 1. The Morgan fingerprint density at radius 3 is 2.60 bits per heavy atom. The summed E-state index contributed by atoms with van der Waals surface area (Å²) in [5.74, 6) is 0.0181. The van der Waals surface area contributed by atoms with Crippen molar-refractivity contribution >= 4 is 11.9 Å². The Labute approximate surface area is 175 Å². The second-order valence-electron chi connectivity index (χ2n) is 7.49. The summed E-state index contributed by atoms with van der Waals surface area (Å²) < 4.78 is 28.0. The Balaban J connectivity index is 2.04. The van der Waals surface area contributed by atoms with Gasteiger partial charge in [0.25, 0.3) is 5.91 Å². The molecular formula is C23H27F2NO4. The first-order valence-corrected chi connectivity index (χ1v) is 9.99. The molecule has 1 aromatic rings. The average Bonchev–Trinajstić information content (AvgIpc) is 2.93. The maximum absolute atomic E-state index is 14.0. The highest BCUT2D eigenvalue weighted by Gasteiger charge is 2.52. The van der Waals surface area contributed by atoms with Crippen molar-refractivity contribution in [2.75, 3.05) is 6.54 Å². The van der Waals surface area contributed by atoms with Crippen molar-refractivity contribution in [3.8, 4) is 11.8 Å². The normalized spacial score (nSPS) is 20.1. The summed E-state index contributed by atoms with van der Waals surface area (Å²) in [4.78, 5) is 24.2. The molecule has 0 aliphatic carbocycles. The first-order valence-electron chi connectivity index (χ1n) is 9.99. The number of halogens is 2. The number of benzene rings is 1. The minimum Gasteiger partial charge on any atom is -0.478 e. The van der Waals surface area contributed by atoms with E-state index in [0.717, 1.165) is 16.9 Å². The fourth-order valence-corrected chi connectivity index (χ4v) is 3.23. The van der Waals surface area contributed by atoms with Crippen molar-refractivity contribution in [3.05, 3.63) is 47.5 Å². The van der Waals surface area contributed by atoms with Crippen LogP contribution in [-0.4, -0.2) is 51.6 Å². The smallest absolute Gasteiger partial charge is 0.335 e. The summed E-state index contributed by atoms with van der Waals surface area (Å²) in [6.45, 7) is 3.83. The van der Waals surface area contributed by atoms with Gasteiger partial charge in [-0.15, -0.1) is 11.8 Å². The van der Waals surface area contributed by atoms with Gasteiger partial charge < -0.3 is 15.1 Å². The molecule has 162 valence electrons. The molecule has 1 amide bonds. The minimum atomic E-state index is -3.44. The average molecular weight is 419 g/mol. The van der Waals surface area contributed by atoms with Crippen LogP contribution in [0.25, 0.3) is 0 Å². The summed E-state index contributed by atoms with van der Waals surface area (Å²) in [6, 6.07) is 5.28. The topological polar surface area (TPSA) is 77.8 Å². The molecule has 0 aromatic heterocycles. The molecule has 0 bridgehead atoms. The van der Waals surface area contributed by atoms with E-state index < -0.39 is 36.4 Å². The molecule has 1 aliphatic heterocycles. The zero-order valence-corrected chi connectivity index (χ0v) is 17.1. The maximum atomic E-state index is 14.0. The zero-order chi connectivity index (χ0) is 22.3. The molecule has 1 saturated heterocycles. The number of aliphatic hydroxyl groups is 1. The number of carbonyl (C=O) groups excluding carboxylic acids is 1. The first-order chi connectivity index (χ1) is 14.2. The first kappa shape index (κ1) is 23.6. The van der Waals surface area contributed by atoms with Crippen molar-refractivity contribution in [3.63, 3.8) is 0 Å². The third-order valence-electron chi connectivity index (χ3n) is 5.12. The highest BCUT2D eigenvalue weighted by molar-refractivity contribution is 5.87. The molecule has 1 fully saturated rings. The van der Waals surface area contributed by atoms with Crippen molar-refractivity contribution < 1.29 is 28.6 Å². The maximum Gasteiger partial charge on any atom is 0.335 e. The fourth-order valence-electron chi connectivity index (χ4n) is 3.23. The second-order valence-corrected chi connectivity index (χ2v) is 7.49. The van der Waals surface area contributed by atoms with Crippen LogP contribution in [0.2, 0.25) is 0 Å². The SMILES string of the molecule is CCC#CCC(C)C(O)/C=C/[C@H]1CC(F)(F)C(=O)N1CCc1ccc(C(=O)O)cc1. The van der Waals surface area contributed by atoms with Crippen molar-refractivity contribution in [1.29, 1.82) is 0 Å². The van der Waals surface area contributed by atoms with Gasteiger partial charge in [-0.05, 0) is 30.0 Å². The number of nitrogens with zero attached hydrogens (tertiary/aromatic N) is 1. The molecule has 2 rings (SSSR count). The Morgan fingerprint density at radius 1 is 1.33 bits per heavy atom. The van der Waals surface area contributed by atoms with Crippen molar-refractivity contribution in [2.45, 2.75) is 57.6 Å². The molecular weight excluding hydrogens is 392 g/mol. The number of likely N-dealkylation sites (tertiary alicyclic amines) is 1. The molecule has 1 heterocycles. The summed E-state index contributed by atoms with van der Waals surface area (Å²) in [5.41, 5.74) is 0.879. The number of aliphatic hydroxyl groups excluding tert-OH is 1. The summed E-state index contributed by atoms with van der Waals surface area (Å²) in [5, 5.41) is 19.2. The number of rotatable bonds is 8. The van der Waals surface area contributed by atoms with Gasteiger partial charge in [0.05, 0.1) is 17.7 Å². The lowest BCUT2D eigenvalue weighted by Gasteiger charge is -2.22. The van der Waals surface area contributed by atoms with Gasteiger partial charge in [-0.25, -0.2) is 4.79 Å². The Bertz CT molecular complexity index is 839. The van der Waals surface area contributed by atoms with Gasteiger partial charge in [-0.3, -0.25) is 4.79 Å². The molecule has 30 heavy (non-hydrogen) atoms. The van der Waals surface area contributed by atoms with Gasteiger partial charge in [0.15, 0.2) is 0 Å². The number of alkyl halides is 2. The molecule has 2 N–H and O–H groups in total. The molecule has 3 atom stereocenters. The van der Waals surface area contributed by atoms with Crippen LogP contribution in [-0.2, 0) is 11.2 Å². The standard InChI is InChI=1S/C23H27F2NO4/c1-3-4-5-6-16(2)20(27)12-11-19-15-23(24,25)22(30)26(19)14-13-17-7-9-18(10-8-17)21(28)29/h7-12,16,19-20,27H,3,6,13-15H2,1-2H3,(H,28,29)/b12-11+/t16?,19-,20?/m0/s1. The monoisotopic (exact) mass is 419 g/mol. The van der Waals surface area contributed by atoms with Gasteiger partial charge in [-0.1, -0.05) is 38.1 Å². The summed E-state index contributed by atoms with van der Waals surface area (Å²) >= 11 is 0. The number of hydrogen-bond donors (Lipinski definition) is 2. The van der Waals surface area contributed by atoms with Gasteiger partial charge in [-0.2, -0.15) is 8.78 Å². The van der Waals surface area contributed by atoms with Gasteiger partial charge in [0.2, 0.25) is 0 Å². The third-order valence-corrected chi connectivity index (χ3v) is 5.12. The van der Waals surface area contributed by atoms with Gasteiger partial charge >= 0.3 is 11.9 Å². The van der Waals surface area contributed by atoms with Gasteiger partial charge in [0, 0.05) is 25.8 Å². The lowest BCUT2D eigenvalue weighted by Crippen LogP contribution is -2.37. The quantitative estimate of drug-likeness (QED) is 0.499. The van der Waals surface area contributed by atoms with E-state index in [1.807, 2.05) is 13.8 Å². The fraction of sp³-hybridized carbons (Fsp3) is 0.478. The van der Waals surface area contributed by atoms with Crippen LogP contribution in [0.1, 0.15) is 49.0 Å². The predicted octanol–water partition coefficient (Wildman–Crippen LogP) is 3.52. The van der Waals surface area contributed by atoms with Crippen molar-refractivity contribution in [1.82, 2.24) is 4.90 Å². The number of carboxylic acids is 1. The number of carbonyl (C=O) groups is 2. The van der Waals surface area contributed by atoms with E-state index in [0.29, 0.717) is 12.8 Å². The Kier molecular flexibility index (Phi) is 8.13. The van der Waals surface area contributed by atoms with Crippen LogP contribution in [0, 0.1) is 17.8 Å². The van der Waals surface area contributed by atoms with Crippen LogP contribution in [0.4, 0.5) is 8.78 Å². The van der Waals surface area contributed by atoms with Crippen molar-refractivity contribution in [2.24, 2.45) is 5.92 Å². The van der Waals surface area contributed by atoms with E-state index in [1.54, 1.807) is 12.1 Å². The lowest BCUT2D eigenvalue weighted by molar-refractivity contribution is -0.148. The molecule has 1 aliphatic rings. The molecule has 5 nitrogen and oxygen atoms in total. The van der Waals surface area contributed by atoms with Crippen LogP contribution in [0.3, 0.4) is 0 Å². The molecule has 1 aromatic carbocycles. The molecule has 2 unspecified atom stereocenters. The summed E-state index contributed by atoms with van der Waals surface area (Å²) in [6.07, 6.45) is 3.01. The van der Waals surface area contributed by atoms with Crippen LogP contribution < -0.4 is 0 Å². The van der Waals surface area contributed by atoms with E-state index >= 15 is 0 Å². The zero-order valence-electron chi connectivity index (χ0n) is 17.1. The van der Waals surface area contributed by atoms with Crippen LogP contribution in [0.5, 0.6) is 0 Å². The van der Waals surface area contributed by atoms with Gasteiger partial charge in [0.1, 0.15) is 0 Å². The largest absolute Gasteiger partial charge is 0.478 e. The molecule has 0 saturated carbocycles. The third kappa shape index (κ3) is 6.14. The highest BCUT2D eigenvalue weighted by atomic mass is 19.3. The summed E-state index contributed by atoms with van der Waals surface area (Å²) in [7, 11) is 0. The van der Waals surface area contributed by atoms with E-state index in [9.17, 15) is 23.5 Å². The molecule has 0 radical (unpaired) electrons. The van der Waals surface area contributed by atoms with E-state index in [4.69, 9.17) is 5.11 Å². The molecule has 0 spiro atoms. The lowest BCUT2D eigenvalue weighted by atomic mass is 9.99. The van der Waals surface area contributed by atoms with E-state index in [2.05, 4.69) is 11.8 Å². The highest BCUT2D eigenvalue weighted by Crippen LogP contribution is 2.34. The molecule has 7 heteroatoms. The minimum absolute atomic E-state index is 0.0729. The van der Waals surface area contributed by atoms with Crippen LogP contribution >= 0.6 is 0 Å². The predicted molar refractivity (Wildman–Crippen MR) is 109 cm³/mol. The second kappa shape index (κ2) is 10.4. The Hall–Kier alpha value is -2.72. The number of hydrogen-bond acceptors (Lipinski definition) is 3. The number of amides is 1. The number of aromatic carboxylic acids is 1. The van der Waals surface area contributed by atoms with Crippen LogP contribution in [0.15, 0.2) is 36.4 Å². The van der Waals surface area contributed by atoms with E-state index in [-0.39, 0.29) is 18.0 Å².